The fraction of sp³-hybridized carbons (Fsp3) is 0.800. The molecule has 1 aliphatic carbocycles. The molecule has 2 amide bonds. The van der Waals surface area contributed by atoms with E-state index in [1.165, 1.54) is 4.90 Å². The van der Waals surface area contributed by atoms with E-state index in [1.807, 2.05) is 0 Å². The molecule has 0 radical (unpaired) electrons. The zero-order valence-electron chi connectivity index (χ0n) is 13.7. The molecule has 1 aliphatic heterocycles. The molecular formula is C15H24N2O6S. The van der Waals surface area contributed by atoms with Crippen LogP contribution in [0.3, 0.4) is 0 Å². The van der Waals surface area contributed by atoms with Crippen molar-refractivity contribution in [2.75, 3.05) is 24.6 Å². The smallest absolute Gasteiger partial charge is 0.306 e. The monoisotopic (exact) mass is 360 g/mol. The fourth-order valence-corrected chi connectivity index (χ4v) is 4.45. The number of aliphatic carboxylic acids is 1. The molecule has 9 heteroatoms. The van der Waals surface area contributed by atoms with E-state index in [-0.39, 0.29) is 36.4 Å². The lowest BCUT2D eigenvalue weighted by molar-refractivity contribution is -0.144. The van der Waals surface area contributed by atoms with Crippen molar-refractivity contribution < 1.29 is 27.9 Å². The Hall–Kier alpha value is -1.64. The molecule has 0 bridgehead atoms. The Balaban J connectivity index is 1.87. The van der Waals surface area contributed by atoms with Crippen LogP contribution < -0.4 is 5.32 Å². The number of carbonyl (C=O) groups excluding carboxylic acids is 2. The van der Waals surface area contributed by atoms with Gasteiger partial charge in [0.1, 0.15) is 6.04 Å². The summed E-state index contributed by atoms with van der Waals surface area (Å²) in [5, 5.41) is 11.7. The van der Waals surface area contributed by atoms with Gasteiger partial charge in [0.15, 0.2) is 9.84 Å². The molecule has 3 atom stereocenters. The number of nitrogens with one attached hydrogen (secondary N) is 1. The molecule has 2 rings (SSSR count). The third-order valence-corrected chi connectivity index (χ3v) is 6.39. The summed E-state index contributed by atoms with van der Waals surface area (Å²) in [6, 6.07) is -0.747. The van der Waals surface area contributed by atoms with Gasteiger partial charge in [-0.1, -0.05) is 6.42 Å². The molecule has 1 saturated carbocycles. The molecule has 0 aromatic rings. The highest BCUT2D eigenvalue weighted by Gasteiger charge is 2.33. The molecule has 2 aliphatic rings. The van der Waals surface area contributed by atoms with Gasteiger partial charge < -0.3 is 15.3 Å². The van der Waals surface area contributed by atoms with Gasteiger partial charge in [0.2, 0.25) is 11.8 Å². The van der Waals surface area contributed by atoms with Crippen LogP contribution in [-0.2, 0) is 24.2 Å². The molecular weight excluding hydrogens is 336 g/mol. The van der Waals surface area contributed by atoms with E-state index < -0.39 is 33.7 Å². The Kier molecular flexibility index (Phi) is 5.84. The van der Waals surface area contributed by atoms with Crippen molar-refractivity contribution in [1.29, 1.82) is 0 Å². The second kappa shape index (κ2) is 7.50. The summed E-state index contributed by atoms with van der Waals surface area (Å²) in [6.07, 6.45) is 2.18. The third kappa shape index (κ3) is 4.68. The standard InChI is InChI=1S/C15H24N2O6S/c1-10(14(19)17-5-7-24(22,23)8-6-17)16-13(18)11-3-2-4-12(9-11)15(20)21/h10-12H,2-9H2,1H3,(H,16,18)(H,20,21). The number of nitrogens with zero attached hydrogens (tertiary/aromatic N) is 1. The average molecular weight is 360 g/mol. The van der Waals surface area contributed by atoms with Crippen molar-refractivity contribution in [1.82, 2.24) is 10.2 Å². The molecule has 3 unspecified atom stereocenters. The number of hydrogen-bond acceptors (Lipinski definition) is 5. The van der Waals surface area contributed by atoms with Gasteiger partial charge in [0.05, 0.1) is 17.4 Å². The Morgan fingerprint density at radius 2 is 1.71 bits per heavy atom. The van der Waals surface area contributed by atoms with Gasteiger partial charge in [0, 0.05) is 19.0 Å². The number of carbonyl (C=O) groups is 3. The normalized spacial score (nSPS) is 28.0. The van der Waals surface area contributed by atoms with Crippen molar-refractivity contribution in [2.45, 2.75) is 38.6 Å². The van der Waals surface area contributed by atoms with Gasteiger partial charge >= 0.3 is 5.97 Å². The highest BCUT2D eigenvalue weighted by atomic mass is 32.2. The minimum Gasteiger partial charge on any atom is -0.481 e. The van der Waals surface area contributed by atoms with Gasteiger partial charge in [-0.3, -0.25) is 14.4 Å². The van der Waals surface area contributed by atoms with E-state index in [0.29, 0.717) is 25.7 Å². The van der Waals surface area contributed by atoms with Crippen LogP contribution in [0.2, 0.25) is 0 Å². The summed E-state index contributed by atoms with van der Waals surface area (Å²) in [4.78, 5) is 37.1. The number of sulfone groups is 1. The van der Waals surface area contributed by atoms with Crippen molar-refractivity contribution >= 4 is 27.6 Å². The number of amides is 2. The quantitative estimate of drug-likeness (QED) is 0.706. The van der Waals surface area contributed by atoms with Gasteiger partial charge in [0.25, 0.3) is 0 Å². The predicted molar refractivity (Wildman–Crippen MR) is 85.9 cm³/mol. The van der Waals surface area contributed by atoms with E-state index in [2.05, 4.69) is 5.32 Å². The van der Waals surface area contributed by atoms with Crippen LogP contribution in [0.5, 0.6) is 0 Å². The van der Waals surface area contributed by atoms with Crippen molar-refractivity contribution in [3.8, 4) is 0 Å². The molecule has 2 fully saturated rings. The Morgan fingerprint density at radius 3 is 2.29 bits per heavy atom. The zero-order chi connectivity index (χ0) is 17.9. The van der Waals surface area contributed by atoms with Crippen LogP contribution in [0.25, 0.3) is 0 Å². The highest BCUT2D eigenvalue weighted by molar-refractivity contribution is 7.91. The van der Waals surface area contributed by atoms with Crippen LogP contribution in [-0.4, -0.2) is 66.8 Å². The van der Waals surface area contributed by atoms with Crippen molar-refractivity contribution in [3.63, 3.8) is 0 Å². The highest BCUT2D eigenvalue weighted by Crippen LogP contribution is 2.29. The lowest BCUT2D eigenvalue weighted by Gasteiger charge is -2.31. The SMILES string of the molecule is CC(NC(=O)C1CCCC(C(=O)O)C1)C(=O)N1CCS(=O)(=O)CC1. The molecule has 2 N–H and O–H groups in total. The molecule has 0 aromatic heterocycles. The second-order valence-electron chi connectivity index (χ2n) is 6.61. The Labute approximate surface area is 141 Å². The first kappa shape index (κ1) is 18.7. The summed E-state index contributed by atoms with van der Waals surface area (Å²) in [5.41, 5.74) is 0. The van der Waals surface area contributed by atoms with Crippen molar-refractivity contribution in [3.05, 3.63) is 0 Å². The number of rotatable bonds is 4. The predicted octanol–water partition coefficient (Wildman–Crippen LogP) is -0.361. The maximum absolute atomic E-state index is 12.3. The topological polar surface area (TPSA) is 121 Å². The van der Waals surface area contributed by atoms with Crippen LogP contribution in [0.15, 0.2) is 0 Å². The minimum absolute atomic E-state index is 0.0533. The fourth-order valence-electron chi connectivity index (χ4n) is 3.25. The lowest BCUT2D eigenvalue weighted by atomic mass is 9.81. The third-order valence-electron chi connectivity index (χ3n) is 4.78. The summed E-state index contributed by atoms with van der Waals surface area (Å²) in [6.45, 7) is 1.86. The Morgan fingerprint density at radius 1 is 1.12 bits per heavy atom. The van der Waals surface area contributed by atoms with Crippen molar-refractivity contribution in [2.24, 2.45) is 11.8 Å². The molecule has 1 heterocycles. The van der Waals surface area contributed by atoms with Gasteiger partial charge in [-0.2, -0.15) is 0 Å². The zero-order valence-corrected chi connectivity index (χ0v) is 14.5. The first-order valence-corrected chi connectivity index (χ1v) is 10.0. The van der Waals surface area contributed by atoms with Crippen LogP contribution >= 0.6 is 0 Å². The van der Waals surface area contributed by atoms with E-state index in [4.69, 9.17) is 5.11 Å². The average Bonchev–Trinajstić information content (AvgIpc) is 2.54. The molecule has 1 saturated heterocycles. The van der Waals surface area contributed by atoms with Crippen LogP contribution in [0, 0.1) is 11.8 Å². The lowest BCUT2D eigenvalue weighted by Crippen LogP contribution is -2.52. The van der Waals surface area contributed by atoms with E-state index in [0.717, 1.165) is 0 Å². The van der Waals surface area contributed by atoms with E-state index in [1.54, 1.807) is 6.92 Å². The second-order valence-corrected chi connectivity index (χ2v) is 8.91. The number of hydrogen-bond donors (Lipinski definition) is 2. The van der Waals surface area contributed by atoms with Gasteiger partial charge in [-0.15, -0.1) is 0 Å². The largest absolute Gasteiger partial charge is 0.481 e. The summed E-state index contributed by atoms with van der Waals surface area (Å²) < 4.78 is 22.8. The molecule has 24 heavy (non-hydrogen) atoms. The minimum atomic E-state index is -3.07. The number of carboxylic acids is 1. The molecule has 0 spiro atoms. The Bertz CT molecular complexity index is 603. The van der Waals surface area contributed by atoms with Gasteiger partial charge in [-0.25, -0.2) is 8.42 Å². The first-order chi connectivity index (χ1) is 11.2. The van der Waals surface area contributed by atoms with E-state index >= 15 is 0 Å². The summed E-state index contributed by atoms with van der Waals surface area (Å²) in [5.74, 6) is -2.49. The summed E-state index contributed by atoms with van der Waals surface area (Å²) in [7, 11) is -3.07. The first-order valence-electron chi connectivity index (χ1n) is 8.22. The maximum Gasteiger partial charge on any atom is 0.306 e. The molecule has 0 aromatic carbocycles. The van der Waals surface area contributed by atoms with Crippen LogP contribution in [0.1, 0.15) is 32.6 Å². The van der Waals surface area contributed by atoms with E-state index in [9.17, 15) is 22.8 Å². The van der Waals surface area contributed by atoms with Gasteiger partial charge in [-0.05, 0) is 26.2 Å². The molecule has 136 valence electrons. The van der Waals surface area contributed by atoms with Crippen LogP contribution in [0.4, 0.5) is 0 Å². The number of carboxylic acid groups (broad SMARTS) is 1. The maximum atomic E-state index is 12.3. The molecule has 8 nitrogen and oxygen atoms in total. The summed E-state index contributed by atoms with van der Waals surface area (Å²) >= 11 is 0.